The summed E-state index contributed by atoms with van der Waals surface area (Å²) in [6, 6.07) is 1.97. The first kappa shape index (κ1) is 13.2. The van der Waals surface area contributed by atoms with E-state index in [2.05, 4.69) is 5.32 Å². The van der Waals surface area contributed by atoms with E-state index in [1.165, 1.54) is 17.4 Å². The smallest absolute Gasteiger partial charge is 0.328 e. The number of carboxylic acid groups (broad SMARTS) is 1. The van der Waals surface area contributed by atoms with Crippen LogP contribution in [-0.2, 0) is 4.79 Å². The monoisotopic (exact) mass is 283 g/mol. The molecular weight excluding hydrogens is 270 g/mol. The van der Waals surface area contributed by atoms with Gasteiger partial charge in [0.25, 0.3) is 5.91 Å². The van der Waals surface area contributed by atoms with Crippen LogP contribution in [0, 0.1) is 0 Å². The van der Waals surface area contributed by atoms with Crippen molar-refractivity contribution in [3.8, 4) is 0 Å². The first-order chi connectivity index (χ1) is 8.65. The SMILES string of the molecule is O=C(O)/C=C/c1cc(C(=O)NC2CCSC2)cs1. The predicted molar refractivity (Wildman–Crippen MR) is 74.2 cm³/mol. The summed E-state index contributed by atoms with van der Waals surface area (Å²) in [7, 11) is 0. The maximum Gasteiger partial charge on any atom is 0.328 e. The fourth-order valence-corrected chi connectivity index (χ4v) is 3.56. The molecule has 1 amide bonds. The van der Waals surface area contributed by atoms with Crippen molar-refractivity contribution >= 4 is 41.1 Å². The molecule has 2 N–H and O–H groups in total. The highest BCUT2D eigenvalue weighted by molar-refractivity contribution is 7.99. The average Bonchev–Trinajstić information content (AvgIpc) is 2.96. The molecule has 1 fully saturated rings. The molecule has 2 heterocycles. The third-order valence-electron chi connectivity index (χ3n) is 2.54. The highest BCUT2D eigenvalue weighted by atomic mass is 32.2. The number of nitrogens with one attached hydrogen (secondary N) is 1. The summed E-state index contributed by atoms with van der Waals surface area (Å²) < 4.78 is 0. The van der Waals surface area contributed by atoms with Gasteiger partial charge in [-0.25, -0.2) is 4.79 Å². The van der Waals surface area contributed by atoms with E-state index >= 15 is 0 Å². The lowest BCUT2D eigenvalue weighted by molar-refractivity contribution is -0.131. The van der Waals surface area contributed by atoms with Gasteiger partial charge in [0.1, 0.15) is 0 Å². The Kier molecular flexibility index (Phi) is 4.43. The van der Waals surface area contributed by atoms with Gasteiger partial charge >= 0.3 is 5.97 Å². The van der Waals surface area contributed by atoms with Gasteiger partial charge in [0.15, 0.2) is 0 Å². The van der Waals surface area contributed by atoms with Crippen molar-refractivity contribution in [2.75, 3.05) is 11.5 Å². The van der Waals surface area contributed by atoms with E-state index in [0.29, 0.717) is 5.56 Å². The Morgan fingerprint density at radius 1 is 1.50 bits per heavy atom. The van der Waals surface area contributed by atoms with E-state index in [9.17, 15) is 9.59 Å². The fraction of sp³-hybridized carbons (Fsp3) is 0.333. The van der Waals surface area contributed by atoms with E-state index in [4.69, 9.17) is 5.11 Å². The van der Waals surface area contributed by atoms with Gasteiger partial charge in [-0.3, -0.25) is 4.79 Å². The van der Waals surface area contributed by atoms with Crippen molar-refractivity contribution < 1.29 is 14.7 Å². The Bertz CT molecular complexity index is 475. The van der Waals surface area contributed by atoms with Gasteiger partial charge in [-0.1, -0.05) is 0 Å². The molecule has 1 saturated heterocycles. The summed E-state index contributed by atoms with van der Waals surface area (Å²) >= 11 is 3.21. The number of carbonyl (C=O) groups excluding carboxylic acids is 1. The molecule has 96 valence electrons. The molecule has 1 unspecified atom stereocenters. The maximum atomic E-state index is 11.9. The standard InChI is InChI=1S/C12H13NO3S2/c14-11(15)2-1-10-5-8(6-18-10)12(16)13-9-3-4-17-7-9/h1-2,5-6,9H,3-4,7H2,(H,13,16)(H,14,15)/b2-1+. The van der Waals surface area contributed by atoms with Crippen LogP contribution in [0.25, 0.3) is 6.08 Å². The molecule has 1 atom stereocenters. The van der Waals surface area contributed by atoms with Crippen LogP contribution in [0.1, 0.15) is 21.7 Å². The number of thiophene rings is 1. The third-order valence-corrected chi connectivity index (χ3v) is 4.60. The molecule has 18 heavy (non-hydrogen) atoms. The quantitative estimate of drug-likeness (QED) is 0.830. The molecule has 0 aromatic carbocycles. The van der Waals surface area contributed by atoms with Gasteiger partial charge in [0.2, 0.25) is 0 Å². The van der Waals surface area contributed by atoms with E-state index in [0.717, 1.165) is 28.9 Å². The van der Waals surface area contributed by atoms with Gasteiger partial charge in [-0.2, -0.15) is 11.8 Å². The highest BCUT2D eigenvalue weighted by Crippen LogP contribution is 2.19. The molecule has 0 radical (unpaired) electrons. The number of aliphatic carboxylic acids is 1. The molecule has 6 heteroatoms. The molecule has 4 nitrogen and oxygen atoms in total. The minimum absolute atomic E-state index is 0.0753. The number of carbonyl (C=O) groups is 2. The number of carboxylic acids is 1. The molecule has 1 aromatic heterocycles. The molecule has 0 bridgehead atoms. The summed E-state index contributed by atoms with van der Waals surface area (Å²) in [5, 5.41) is 13.2. The van der Waals surface area contributed by atoms with Crippen LogP contribution in [0.4, 0.5) is 0 Å². The summed E-state index contributed by atoms with van der Waals surface area (Å²) in [4.78, 5) is 23.0. The number of hydrogen-bond acceptors (Lipinski definition) is 4. The van der Waals surface area contributed by atoms with Crippen molar-refractivity contribution in [3.05, 3.63) is 28.0 Å². The molecule has 1 aromatic rings. The van der Waals surface area contributed by atoms with E-state index < -0.39 is 5.97 Å². The van der Waals surface area contributed by atoms with Crippen LogP contribution < -0.4 is 5.32 Å². The van der Waals surface area contributed by atoms with Gasteiger partial charge in [-0.05, 0) is 24.3 Å². The van der Waals surface area contributed by atoms with Crippen LogP contribution in [0.15, 0.2) is 17.5 Å². The van der Waals surface area contributed by atoms with Crippen molar-refractivity contribution in [3.63, 3.8) is 0 Å². The van der Waals surface area contributed by atoms with Gasteiger partial charge in [0, 0.05) is 28.1 Å². The van der Waals surface area contributed by atoms with Crippen molar-refractivity contribution in [2.45, 2.75) is 12.5 Å². The molecule has 0 aliphatic carbocycles. The van der Waals surface area contributed by atoms with Crippen LogP contribution in [-0.4, -0.2) is 34.5 Å². The molecule has 1 aliphatic heterocycles. The lowest BCUT2D eigenvalue weighted by atomic mass is 10.2. The fourth-order valence-electron chi connectivity index (χ4n) is 1.63. The lowest BCUT2D eigenvalue weighted by Gasteiger charge is -2.09. The number of rotatable bonds is 4. The molecule has 2 rings (SSSR count). The van der Waals surface area contributed by atoms with Crippen LogP contribution >= 0.6 is 23.1 Å². The molecule has 0 spiro atoms. The number of thioether (sulfide) groups is 1. The second-order valence-corrected chi connectivity index (χ2v) is 6.04. The van der Waals surface area contributed by atoms with Crippen LogP contribution in [0.3, 0.4) is 0 Å². The van der Waals surface area contributed by atoms with Crippen molar-refractivity contribution in [1.29, 1.82) is 0 Å². The minimum Gasteiger partial charge on any atom is -0.478 e. The summed E-state index contributed by atoms with van der Waals surface area (Å²) in [6.07, 6.45) is 3.59. The zero-order chi connectivity index (χ0) is 13.0. The van der Waals surface area contributed by atoms with Crippen LogP contribution in [0.2, 0.25) is 0 Å². The minimum atomic E-state index is -0.989. The Morgan fingerprint density at radius 3 is 3.00 bits per heavy atom. The van der Waals surface area contributed by atoms with Gasteiger partial charge < -0.3 is 10.4 Å². The van der Waals surface area contributed by atoms with Crippen LogP contribution in [0.5, 0.6) is 0 Å². The van der Waals surface area contributed by atoms with E-state index in [1.54, 1.807) is 11.4 Å². The van der Waals surface area contributed by atoms with E-state index in [1.807, 2.05) is 11.8 Å². The highest BCUT2D eigenvalue weighted by Gasteiger charge is 2.18. The zero-order valence-electron chi connectivity index (χ0n) is 9.59. The zero-order valence-corrected chi connectivity index (χ0v) is 11.2. The second-order valence-electron chi connectivity index (χ2n) is 3.94. The van der Waals surface area contributed by atoms with Crippen molar-refractivity contribution in [2.24, 2.45) is 0 Å². The topological polar surface area (TPSA) is 66.4 Å². The molecule has 0 saturated carbocycles. The summed E-state index contributed by atoms with van der Waals surface area (Å²) in [5.74, 6) is 1.01. The Labute approximate surface area is 113 Å². The molecular formula is C12H13NO3S2. The summed E-state index contributed by atoms with van der Waals surface area (Å²) in [6.45, 7) is 0. The van der Waals surface area contributed by atoms with Gasteiger partial charge in [-0.15, -0.1) is 11.3 Å². The average molecular weight is 283 g/mol. The number of amides is 1. The Morgan fingerprint density at radius 2 is 2.33 bits per heavy atom. The lowest BCUT2D eigenvalue weighted by Crippen LogP contribution is -2.34. The normalized spacial score (nSPS) is 19.2. The Hall–Kier alpha value is -1.27. The van der Waals surface area contributed by atoms with Gasteiger partial charge in [0.05, 0.1) is 5.56 Å². The largest absolute Gasteiger partial charge is 0.478 e. The first-order valence-electron chi connectivity index (χ1n) is 5.53. The second kappa shape index (κ2) is 6.06. The third kappa shape index (κ3) is 3.61. The Balaban J connectivity index is 1.96. The van der Waals surface area contributed by atoms with E-state index in [-0.39, 0.29) is 11.9 Å². The maximum absolute atomic E-state index is 11.9. The predicted octanol–water partition coefficient (Wildman–Crippen LogP) is 2.08. The van der Waals surface area contributed by atoms with Crippen molar-refractivity contribution in [1.82, 2.24) is 5.32 Å². The number of hydrogen-bond donors (Lipinski definition) is 2. The molecule has 1 aliphatic rings. The summed E-state index contributed by atoms with van der Waals surface area (Å²) in [5.41, 5.74) is 0.599. The first-order valence-corrected chi connectivity index (χ1v) is 7.57.